The molecule has 1 saturated heterocycles. The van der Waals surface area contributed by atoms with Crippen molar-refractivity contribution in [2.24, 2.45) is 0 Å². The zero-order valence-electron chi connectivity index (χ0n) is 14.3. The zero-order chi connectivity index (χ0) is 17.6. The number of nitrogens with one attached hydrogen (secondary N) is 2. The number of hydrogen-bond acceptors (Lipinski definition) is 3. The summed E-state index contributed by atoms with van der Waals surface area (Å²) >= 11 is 6.43. The maximum Gasteiger partial charge on any atom is 0.319 e. The standard InChI is InChI=1S/C19H23ClN4O/c1-14(15-7-9-21-10-8-15)22-19(25)23-16-5-6-18(17(20)13-16)24-11-3-2-4-12-24/h5-10,13-14H,2-4,11-12H2,1H3,(H2,22,23,25)/t14-/m1/s1. The molecule has 5 nitrogen and oxygen atoms in total. The van der Waals surface area contributed by atoms with Gasteiger partial charge in [0.1, 0.15) is 0 Å². The fraction of sp³-hybridized carbons (Fsp3) is 0.368. The van der Waals surface area contributed by atoms with Crippen molar-refractivity contribution in [1.29, 1.82) is 0 Å². The van der Waals surface area contributed by atoms with E-state index in [0.29, 0.717) is 10.7 Å². The SMILES string of the molecule is C[C@@H](NC(=O)Nc1ccc(N2CCCCC2)c(Cl)c1)c1ccncc1. The van der Waals surface area contributed by atoms with Crippen LogP contribution in [-0.2, 0) is 0 Å². The molecule has 0 bridgehead atoms. The fourth-order valence-electron chi connectivity index (χ4n) is 3.08. The van der Waals surface area contributed by atoms with Gasteiger partial charge >= 0.3 is 6.03 Å². The van der Waals surface area contributed by atoms with Crippen LogP contribution in [0.5, 0.6) is 0 Å². The Kier molecular flexibility index (Phi) is 5.76. The molecule has 1 aromatic carbocycles. The van der Waals surface area contributed by atoms with E-state index in [1.807, 2.05) is 37.3 Å². The average molecular weight is 359 g/mol. The van der Waals surface area contributed by atoms with Crippen molar-refractivity contribution in [3.8, 4) is 0 Å². The van der Waals surface area contributed by atoms with Gasteiger partial charge in [0.05, 0.1) is 16.8 Å². The van der Waals surface area contributed by atoms with E-state index in [9.17, 15) is 4.79 Å². The van der Waals surface area contributed by atoms with Crippen molar-refractivity contribution in [1.82, 2.24) is 10.3 Å². The minimum absolute atomic E-state index is 0.105. The second-order valence-electron chi connectivity index (χ2n) is 6.31. The van der Waals surface area contributed by atoms with Crippen LogP contribution < -0.4 is 15.5 Å². The van der Waals surface area contributed by atoms with Gasteiger partial charge in [0.2, 0.25) is 0 Å². The van der Waals surface area contributed by atoms with Gasteiger partial charge in [0, 0.05) is 31.2 Å². The van der Waals surface area contributed by atoms with Gasteiger partial charge in [-0.15, -0.1) is 0 Å². The Morgan fingerprint density at radius 1 is 1.16 bits per heavy atom. The Hall–Kier alpha value is -2.27. The number of piperidine rings is 1. The van der Waals surface area contributed by atoms with E-state index in [1.165, 1.54) is 19.3 Å². The topological polar surface area (TPSA) is 57.3 Å². The monoisotopic (exact) mass is 358 g/mol. The van der Waals surface area contributed by atoms with E-state index in [0.717, 1.165) is 24.3 Å². The van der Waals surface area contributed by atoms with Gasteiger partial charge in [-0.1, -0.05) is 11.6 Å². The van der Waals surface area contributed by atoms with Gasteiger partial charge in [-0.05, 0) is 62.1 Å². The van der Waals surface area contributed by atoms with Crippen LogP contribution in [0.3, 0.4) is 0 Å². The molecule has 2 aromatic rings. The minimum Gasteiger partial charge on any atom is -0.370 e. The predicted molar refractivity (Wildman–Crippen MR) is 102 cm³/mol. The van der Waals surface area contributed by atoms with E-state index >= 15 is 0 Å². The Morgan fingerprint density at radius 2 is 1.88 bits per heavy atom. The van der Waals surface area contributed by atoms with Crippen molar-refractivity contribution >= 4 is 29.0 Å². The molecule has 1 fully saturated rings. The summed E-state index contributed by atoms with van der Waals surface area (Å²) in [7, 11) is 0. The quantitative estimate of drug-likeness (QED) is 0.839. The van der Waals surface area contributed by atoms with E-state index < -0.39 is 0 Å². The highest BCUT2D eigenvalue weighted by Gasteiger charge is 2.15. The van der Waals surface area contributed by atoms with Gasteiger partial charge in [0.15, 0.2) is 0 Å². The number of amides is 2. The Balaban J connectivity index is 1.60. The first-order valence-corrected chi connectivity index (χ1v) is 9.03. The number of halogens is 1. The molecular weight excluding hydrogens is 336 g/mol. The first-order valence-electron chi connectivity index (χ1n) is 8.65. The summed E-state index contributed by atoms with van der Waals surface area (Å²) in [4.78, 5) is 18.5. The van der Waals surface area contributed by atoms with E-state index in [1.54, 1.807) is 12.4 Å². The van der Waals surface area contributed by atoms with E-state index in [2.05, 4.69) is 20.5 Å². The summed E-state index contributed by atoms with van der Waals surface area (Å²) in [6.45, 7) is 4.01. The van der Waals surface area contributed by atoms with Gasteiger partial charge < -0.3 is 15.5 Å². The third-order valence-electron chi connectivity index (χ3n) is 4.46. The fourth-order valence-corrected chi connectivity index (χ4v) is 3.38. The number of pyridine rings is 1. The lowest BCUT2D eigenvalue weighted by Crippen LogP contribution is -2.31. The first-order chi connectivity index (χ1) is 12.1. The molecule has 1 atom stereocenters. The molecule has 1 aromatic heterocycles. The summed E-state index contributed by atoms with van der Waals surface area (Å²) < 4.78 is 0. The third-order valence-corrected chi connectivity index (χ3v) is 4.76. The van der Waals surface area contributed by atoms with Gasteiger partial charge in [-0.25, -0.2) is 4.79 Å². The van der Waals surface area contributed by atoms with Crippen LogP contribution in [0.1, 0.15) is 37.8 Å². The van der Waals surface area contributed by atoms with Crippen LogP contribution in [0, 0.1) is 0 Å². The van der Waals surface area contributed by atoms with Crippen LogP contribution in [-0.4, -0.2) is 24.1 Å². The lowest BCUT2D eigenvalue weighted by atomic mass is 10.1. The van der Waals surface area contributed by atoms with Crippen LogP contribution in [0.4, 0.5) is 16.2 Å². The average Bonchev–Trinajstić information content (AvgIpc) is 2.63. The van der Waals surface area contributed by atoms with E-state index in [-0.39, 0.29) is 12.1 Å². The Morgan fingerprint density at radius 3 is 2.56 bits per heavy atom. The number of carbonyl (C=O) groups excluding carboxylic acids is 1. The number of hydrogen-bond donors (Lipinski definition) is 2. The molecule has 3 rings (SSSR count). The molecule has 2 heterocycles. The van der Waals surface area contributed by atoms with Gasteiger partial charge in [-0.3, -0.25) is 4.98 Å². The highest BCUT2D eigenvalue weighted by atomic mass is 35.5. The molecule has 0 radical (unpaired) electrons. The van der Waals surface area contributed by atoms with E-state index in [4.69, 9.17) is 11.6 Å². The second kappa shape index (κ2) is 8.21. The Bertz CT molecular complexity index is 717. The maximum atomic E-state index is 12.2. The molecule has 25 heavy (non-hydrogen) atoms. The van der Waals surface area contributed by atoms with Crippen molar-refractivity contribution in [2.45, 2.75) is 32.2 Å². The molecule has 2 N–H and O–H groups in total. The number of aromatic nitrogens is 1. The number of nitrogens with zero attached hydrogens (tertiary/aromatic N) is 2. The molecule has 2 amide bonds. The lowest BCUT2D eigenvalue weighted by molar-refractivity contribution is 0.249. The van der Waals surface area contributed by atoms with Crippen molar-refractivity contribution in [3.63, 3.8) is 0 Å². The second-order valence-corrected chi connectivity index (χ2v) is 6.72. The summed E-state index contributed by atoms with van der Waals surface area (Å²) in [5.74, 6) is 0. The summed E-state index contributed by atoms with van der Waals surface area (Å²) in [5, 5.41) is 6.42. The molecule has 132 valence electrons. The van der Waals surface area contributed by atoms with Crippen LogP contribution in [0.15, 0.2) is 42.7 Å². The number of benzene rings is 1. The normalized spacial score (nSPS) is 15.5. The molecule has 6 heteroatoms. The lowest BCUT2D eigenvalue weighted by Gasteiger charge is -2.29. The number of rotatable bonds is 4. The minimum atomic E-state index is -0.258. The van der Waals surface area contributed by atoms with Gasteiger partial charge in [-0.2, -0.15) is 0 Å². The molecule has 0 spiro atoms. The zero-order valence-corrected chi connectivity index (χ0v) is 15.1. The maximum absolute atomic E-state index is 12.2. The highest BCUT2D eigenvalue weighted by molar-refractivity contribution is 6.33. The Labute approximate surface area is 153 Å². The molecule has 0 saturated carbocycles. The smallest absolute Gasteiger partial charge is 0.319 e. The molecule has 1 aliphatic heterocycles. The molecular formula is C19H23ClN4O. The molecule has 0 unspecified atom stereocenters. The van der Waals surface area contributed by atoms with Crippen LogP contribution in [0.25, 0.3) is 0 Å². The largest absolute Gasteiger partial charge is 0.370 e. The number of urea groups is 1. The highest BCUT2D eigenvalue weighted by Crippen LogP contribution is 2.30. The predicted octanol–water partition coefficient (Wildman–Crippen LogP) is 4.61. The number of carbonyl (C=O) groups is 1. The third kappa shape index (κ3) is 4.63. The van der Waals surface area contributed by atoms with Crippen molar-refractivity contribution in [2.75, 3.05) is 23.3 Å². The first kappa shape index (κ1) is 17.5. The number of anilines is 2. The van der Waals surface area contributed by atoms with Gasteiger partial charge in [0.25, 0.3) is 0 Å². The van der Waals surface area contributed by atoms with Crippen molar-refractivity contribution < 1.29 is 4.79 Å². The molecule has 0 aliphatic carbocycles. The van der Waals surface area contributed by atoms with Crippen LogP contribution >= 0.6 is 11.6 Å². The summed E-state index contributed by atoms with van der Waals surface area (Å²) in [5.41, 5.74) is 2.73. The summed E-state index contributed by atoms with van der Waals surface area (Å²) in [6.07, 6.45) is 7.11. The van der Waals surface area contributed by atoms with Crippen LogP contribution in [0.2, 0.25) is 5.02 Å². The molecule has 1 aliphatic rings. The van der Waals surface area contributed by atoms with Crippen molar-refractivity contribution in [3.05, 3.63) is 53.3 Å². The summed E-state index contributed by atoms with van der Waals surface area (Å²) in [6, 6.07) is 9.09.